The highest BCUT2D eigenvalue weighted by molar-refractivity contribution is 6.74. The Morgan fingerprint density at radius 1 is 0.551 bits per heavy atom. The quantitative estimate of drug-likeness (QED) is 0.0813. The number of aliphatic hydroxyl groups excluding tert-OH is 1. The molecule has 0 spiro atoms. The fourth-order valence-electron chi connectivity index (χ4n) is 11.0. The van der Waals surface area contributed by atoms with Gasteiger partial charge in [0.15, 0.2) is 8.32 Å². The fourth-order valence-corrected chi connectivity index (χ4v) is 12.6. The van der Waals surface area contributed by atoms with E-state index in [4.69, 9.17) is 22.8 Å². The number of furan rings is 2. The number of benzene rings is 4. The molecule has 0 aliphatic rings. The Bertz CT molecular complexity index is 2920. The van der Waals surface area contributed by atoms with Crippen LogP contribution in [0.4, 0.5) is 0 Å². The molecule has 2 aromatic heterocycles. The van der Waals surface area contributed by atoms with Crippen LogP contribution in [0.3, 0.4) is 0 Å². The van der Waals surface area contributed by atoms with Crippen molar-refractivity contribution >= 4 is 20.5 Å². The Kier molecular flexibility index (Phi) is 22.8. The molecule has 0 fully saturated rings. The standard InChI is InChI=1S/C39H58O2Si.C31H42O2.CO2/c1-14-17-33-22-24-35(40-33)34-23-21-32(27-29(34)5)39(15-2,16-3)31-20-18-30(28(4)26-31)19-25-36(37(6,7)8)41-42(12,13)38(9,10)11;1-9-31(10-2,26-15-16-27(22(4)20-26)28-17-11-23(5)33-28)25-14-12-24(21(3)19-25)13-18-29(32)30(6,7)8;2-1-3/h14,17-18,20-24,26-27,36H,15-16,19,25H2,1-13H3;11-12,14-17,19-20,29,32H,9-10,13,18H2,1-8H3;/b17-14+;;. The van der Waals surface area contributed by atoms with Crippen molar-refractivity contribution in [3.8, 4) is 22.6 Å². The summed E-state index contributed by atoms with van der Waals surface area (Å²) in [6.07, 6.45) is 12.2. The van der Waals surface area contributed by atoms with Gasteiger partial charge in [-0.2, -0.15) is 9.59 Å². The Balaban J connectivity index is 0.000000328. The van der Waals surface area contributed by atoms with E-state index in [0.29, 0.717) is 0 Å². The van der Waals surface area contributed by atoms with E-state index in [9.17, 15) is 5.11 Å². The summed E-state index contributed by atoms with van der Waals surface area (Å²) in [5.74, 6) is 3.70. The Morgan fingerprint density at radius 2 is 0.949 bits per heavy atom. The molecule has 0 bridgehead atoms. The highest BCUT2D eigenvalue weighted by Crippen LogP contribution is 2.45. The molecule has 0 radical (unpaired) electrons. The molecule has 6 rings (SSSR count). The first-order valence-electron chi connectivity index (χ1n) is 29.0. The van der Waals surface area contributed by atoms with E-state index in [1.54, 1.807) is 0 Å². The van der Waals surface area contributed by atoms with Crippen LogP contribution in [-0.4, -0.2) is 31.8 Å². The summed E-state index contributed by atoms with van der Waals surface area (Å²) in [7, 11) is -1.85. The third-order valence-electron chi connectivity index (χ3n) is 17.6. The minimum atomic E-state index is -1.85. The zero-order valence-electron chi connectivity index (χ0n) is 52.2. The van der Waals surface area contributed by atoms with E-state index in [1.807, 2.05) is 38.1 Å². The van der Waals surface area contributed by atoms with Gasteiger partial charge in [-0.15, -0.1) is 0 Å². The van der Waals surface area contributed by atoms with Gasteiger partial charge in [-0.1, -0.05) is 169 Å². The predicted molar refractivity (Wildman–Crippen MR) is 331 cm³/mol. The molecule has 0 saturated heterocycles. The number of carbonyl (C=O) groups excluding carboxylic acids is 2. The summed E-state index contributed by atoms with van der Waals surface area (Å²) < 4.78 is 19.0. The average molecular weight is 1080 g/mol. The van der Waals surface area contributed by atoms with Crippen molar-refractivity contribution in [1.82, 2.24) is 0 Å². The second-order valence-corrected chi connectivity index (χ2v) is 30.6. The second kappa shape index (κ2) is 27.2. The van der Waals surface area contributed by atoms with Gasteiger partial charge in [0.1, 0.15) is 23.0 Å². The van der Waals surface area contributed by atoms with Gasteiger partial charge < -0.3 is 18.4 Å². The lowest BCUT2D eigenvalue weighted by atomic mass is 9.69. The molecule has 2 unspecified atom stereocenters. The monoisotopic (exact) mass is 1080 g/mol. The molecule has 4 aromatic carbocycles. The van der Waals surface area contributed by atoms with Gasteiger partial charge in [-0.25, -0.2) is 0 Å². The Hall–Kier alpha value is -5.30. The van der Waals surface area contributed by atoms with Gasteiger partial charge in [0, 0.05) is 22.0 Å². The van der Waals surface area contributed by atoms with E-state index in [2.05, 4.69) is 216 Å². The van der Waals surface area contributed by atoms with Crippen molar-refractivity contribution in [3.63, 3.8) is 0 Å². The van der Waals surface area contributed by atoms with E-state index >= 15 is 0 Å². The third kappa shape index (κ3) is 15.7. The fraction of sp³-hybridized carbons (Fsp3) is 0.507. The molecule has 1 N–H and O–H groups in total. The molecule has 0 amide bonds. The first-order chi connectivity index (χ1) is 36.4. The zero-order chi connectivity index (χ0) is 58.6. The summed E-state index contributed by atoms with van der Waals surface area (Å²) >= 11 is 0. The molecule has 2 atom stereocenters. The molecular formula is C71H100O6Si. The van der Waals surface area contributed by atoms with Crippen LogP contribution in [0.25, 0.3) is 28.7 Å². The molecule has 424 valence electrons. The van der Waals surface area contributed by atoms with Gasteiger partial charge in [0.25, 0.3) is 0 Å². The lowest BCUT2D eigenvalue weighted by Crippen LogP contribution is -2.47. The summed E-state index contributed by atoms with van der Waals surface area (Å²) in [5.41, 5.74) is 15.9. The normalized spacial score (nSPS) is 13.4. The molecule has 6 aromatic rings. The van der Waals surface area contributed by atoms with Gasteiger partial charge in [0.05, 0.1) is 12.2 Å². The highest BCUT2D eigenvalue weighted by Gasteiger charge is 2.42. The molecule has 6 nitrogen and oxygen atoms in total. The maximum absolute atomic E-state index is 10.5. The summed E-state index contributed by atoms with van der Waals surface area (Å²) in [4.78, 5) is 16.2. The van der Waals surface area contributed by atoms with Crippen molar-refractivity contribution in [1.29, 1.82) is 0 Å². The number of hydrogen-bond acceptors (Lipinski definition) is 6. The van der Waals surface area contributed by atoms with Crippen molar-refractivity contribution in [3.05, 3.63) is 170 Å². The molecule has 0 aliphatic heterocycles. The number of hydrogen-bond donors (Lipinski definition) is 1. The number of aliphatic hydroxyl groups is 1. The first-order valence-corrected chi connectivity index (χ1v) is 31.9. The summed E-state index contributed by atoms with van der Waals surface area (Å²) in [5, 5.41) is 10.7. The van der Waals surface area contributed by atoms with Crippen LogP contribution in [0.2, 0.25) is 18.1 Å². The highest BCUT2D eigenvalue weighted by atomic mass is 28.4. The molecule has 2 heterocycles. The maximum Gasteiger partial charge on any atom is 0.373 e. The van der Waals surface area contributed by atoms with Crippen LogP contribution in [-0.2, 0) is 37.7 Å². The minimum Gasteiger partial charge on any atom is -0.461 e. The molecular weight excluding hydrogens is 977 g/mol. The molecule has 0 saturated carbocycles. The molecule has 0 aliphatic carbocycles. The largest absolute Gasteiger partial charge is 0.461 e. The van der Waals surface area contributed by atoms with Crippen LogP contribution in [0.5, 0.6) is 0 Å². The summed E-state index contributed by atoms with van der Waals surface area (Å²) in [6.45, 7) is 47.2. The van der Waals surface area contributed by atoms with Gasteiger partial charge in [-0.3, -0.25) is 0 Å². The lowest BCUT2D eigenvalue weighted by Gasteiger charge is -2.43. The van der Waals surface area contributed by atoms with Crippen LogP contribution in [0.1, 0.15) is 203 Å². The topological polar surface area (TPSA) is 89.9 Å². The van der Waals surface area contributed by atoms with Crippen LogP contribution >= 0.6 is 0 Å². The number of rotatable bonds is 19. The number of allylic oxidation sites excluding steroid dienone is 1. The third-order valence-corrected chi connectivity index (χ3v) is 22.0. The lowest BCUT2D eigenvalue weighted by molar-refractivity contribution is -0.191. The van der Waals surface area contributed by atoms with E-state index < -0.39 is 8.32 Å². The van der Waals surface area contributed by atoms with E-state index in [-0.39, 0.29) is 45.1 Å². The van der Waals surface area contributed by atoms with Crippen LogP contribution in [0.15, 0.2) is 112 Å². The van der Waals surface area contributed by atoms with Gasteiger partial charge >= 0.3 is 6.15 Å². The Labute approximate surface area is 474 Å². The average Bonchev–Trinajstić information content (AvgIpc) is 4.02. The van der Waals surface area contributed by atoms with Crippen molar-refractivity contribution in [2.45, 2.75) is 224 Å². The second-order valence-electron chi connectivity index (χ2n) is 25.8. The van der Waals surface area contributed by atoms with Crippen LogP contribution < -0.4 is 0 Å². The van der Waals surface area contributed by atoms with Crippen molar-refractivity contribution in [2.24, 2.45) is 10.8 Å². The minimum absolute atomic E-state index is 0.0173. The maximum atomic E-state index is 10.5. The first kappa shape index (κ1) is 65.2. The SMILES string of the molecule is C/C=C/c1ccc(-c2ccc(C(CC)(CC)c3ccc(CCC(O[Si](C)(C)C(C)(C)C)C(C)(C)C)c(C)c3)cc2C)o1.CCC(CC)(c1ccc(CCC(O)C(C)(C)C)c(C)c1)c1ccc(-c2ccc(C)o2)c(C)c1.O=C=O. The van der Waals surface area contributed by atoms with Gasteiger partial charge in [-0.05, 0) is 208 Å². The van der Waals surface area contributed by atoms with Crippen molar-refractivity contribution in [2.75, 3.05) is 0 Å². The summed E-state index contributed by atoms with van der Waals surface area (Å²) in [6, 6.07) is 36.2. The van der Waals surface area contributed by atoms with Crippen LogP contribution in [0, 0.1) is 45.4 Å². The van der Waals surface area contributed by atoms with E-state index in [0.717, 1.165) is 85.5 Å². The smallest absolute Gasteiger partial charge is 0.373 e. The zero-order valence-corrected chi connectivity index (χ0v) is 53.2. The molecule has 7 heteroatoms. The number of aryl methyl sites for hydroxylation is 7. The van der Waals surface area contributed by atoms with Crippen molar-refractivity contribution < 1.29 is 28.0 Å². The molecule has 78 heavy (non-hydrogen) atoms. The predicted octanol–water partition coefficient (Wildman–Crippen LogP) is 19.8. The van der Waals surface area contributed by atoms with E-state index in [1.165, 1.54) is 55.6 Å². The Morgan fingerprint density at radius 3 is 1.29 bits per heavy atom. The van der Waals surface area contributed by atoms with Gasteiger partial charge in [0.2, 0.25) is 0 Å².